The van der Waals surface area contributed by atoms with Crippen LogP contribution in [-0.4, -0.2) is 3.42 Å². The highest BCUT2D eigenvalue weighted by Gasteiger charge is 2.76. The Balaban J connectivity index is 1.45. The fourth-order valence-corrected chi connectivity index (χ4v) is 8.69. The molecule has 0 N–H and O–H groups in total. The Bertz CT molecular complexity index is 365. The van der Waals surface area contributed by atoms with Gasteiger partial charge in [-0.15, -0.1) is 0 Å². The number of hydrogen-bond acceptors (Lipinski definition) is 0. The van der Waals surface area contributed by atoms with Crippen LogP contribution < -0.4 is 0 Å². The van der Waals surface area contributed by atoms with E-state index in [0.717, 1.165) is 27.1 Å². The molecule has 8 unspecified atom stereocenters. The smallest absolute Gasteiger partial charge is 0.0315 e. The average Bonchev–Trinajstić information content (AvgIpc) is 2.94. The van der Waals surface area contributed by atoms with E-state index >= 15 is 0 Å². The highest BCUT2D eigenvalue weighted by Crippen LogP contribution is 2.79. The summed E-state index contributed by atoms with van der Waals surface area (Å²) in [4.78, 5) is 0. The second kappa shape index (κ2) is 3.24. The molecule has 5 saturated carbocycles. The van der Waals surface area contributed by atoms with Gasteiger partial charge in [-0.1, -0.05) is 22.6 Å². The van der Waals surface area contributed by atoms with Crippen molar-refractivity contribution in [1.82, 2.24) is 0 Å². The molecule has 1 heteroatoms. The monoisotopic (exact) mass is 342 g/mol. The molecule has 94 valence electrons. The number of hydrogen-bond donors (Lipinski definition) is 0. The SMILES string of the molecule is IC12C3CCC4CCC4CCC(C3)C1C1CC12. The van der Waals surface area contributed by atoms with Gasteiger partial charge in [-0.3, -0.25) is 0 Å². The largest absolute Gasteiger partial charge is 0.0779 e. The molecule has 17 heavy (non-hydrogen) atoms. The van der Waals surface area contributed by atoms with Gasteiger partial charge in [0.1, 0.15) is 0 Å². The molecule has 5 rings (SSSR count). The van der Waals surface area contributed by atoms with Crippen LogP contribution in [-0.2, 0) is 0 Å². The Morgan fingerprint density at radius 3 is 2.18 bits per heavy atom. The zero-order valence-electron chi connectivity index (χ0n) is 10.6. The first-order valence-electron chi connectivity index (χ1n) is 7.97. The standard InChI is InChI=1S/C16H23I/c17-16-12-6-5-10-2-1-9(10)3-4-11(7-12)15(16)13-8-14(13)16/h9-15H,1-8H2. The third-order valence-corrected chi connectivity index (χ3v) is 9.87. The van der Waals surface area contributed by atoms with Crippen molar-refractivity contribution in [2.75, 3.05) is 0 Å². The van der Waals surface area contributed by atoms with Crippen molar-refractivity contribution in [3.63, 3.8) is 0 Å². The first-order valence-corrected chi connectivity index (χ1v) is 9.05. The van der Waals surface area contributed by atoms with E-state index in [1.807, 2.05) is 0 Å². The number of rotatable bonds is 0. The highest BCUT2D eigenvalue weighted by molar-refractivity contribution is 14.1. The van der Waals surface area contributed by atoms with Crippen molar-refractivity contribution < 1.29 is 0 Å². The average molecular weight is 342 g/mol. The molecule has 5 fully saturated rings. The van der Waals surface area contributed by atoms with E-state index in [4.69, 9.17) is 0 Å². The van der Waals surface area contributed by atoms with Gasteiger partial charge >= 0.3 is 0 Å². The molecule has 0 radical (unpaired) electrons. The summed E-state index contributed by atoms with van der Waals surface area (Å²) in [5.41, 5.74) is 0. The normalized spacial score (nSPS) is 67.2. The Morgan fingerprint density at radius 1 is 0.765 bits per heavy atom. The van der Waals surface area contributed by atoms with Crippen LogP contribution in [0.3, 0.4) is 0 Å². The molecule has 0 aliphatic heterocycles. The Kier molecular flexibility index (Phi) is 2.00. The van der Waals surface area contributed by atoms with Gasteiger partial charge in [0.2, 0.25) is 0 Å². The Morgan fingerprint density at radius 2 is 1.41 bits per heavy atom. The summed E-state index contributed by atoms with van der Waals surface area (Å²) in [6.07, 6.45) is 12.8. The molecule has 0 aromatic rings. The maximum atomic E-state index is 2.94. The first kappa shape index (κ1) is 10.5. The van der Waals surface area contributed by atoms with Gasteiger partial charge in [0, 0.05) is 3.42 Å². The third kappa shape index (κ3) is 1.17. The quantitative estimate of drug-likeness (QED) is 0.444. The van der Waals surface area contributed by atoms with Crippen molar-refractivity contribution in [2.45, 2.75) is 54.8 Å². The Labute approximate surface area is 118 Å². The first-order chi connectivity index (χ1) is 8.28. The van der Waals surface area contributed by atoms with E-state index in [-0.39, 0.29) is 0 Å². The van der Waals surface area contributed by atoms with Gasteiger partial charge in [-0.05, 0) is 92.8 Å². The van der Waals surface area contributed by atoms with Crippen molar-refractivity contribution in [3.8, 4) is 0 Å². The van der Waals surface area contributed by atoms with Gasteiger partial charge in [0.15, 0.2) is 0 Å². The fraction of sp³-hybridized carbons (Fsp3) is 1.00. The van der Waals surface area contributed by atoms with Crippen LogP contribution >= 0.6 is 22.6 Å². The lowest BCUT2D eigenvalue weighted by molar-refractivity contribution is 0.102. The van der Waals surface area contributed by atoms with Crippen molar-refractivity contribution in [3.05, 3.63) is 0 Å². The van der Waals surface area contributed by atoms with E-state index in [2.05, 4.69) is 22.6 Å². The minimum atomic E-state index is 0.809. The van der Waals surface area contributed by atoms with Crippen LogP contribution in [0.25, 0.3) is 0 Å². The molecule has 0 spiro atoms. The lowest BCUT2D eigenvalue weighted by Gasteiger charge is -2.47. The van der Waals surface area contributed by atoms with Crippen molar-refractivity contribution in [2.24, 2.45) is 41.4 Å². The summed E-state index contributed by atoms with van der Waals surface area (Å²) in [5, 5.41) is 0. The summed E-state index contributed by atoms with van der Waals surface area (Å²) in [5.74, 6) is 8.16. The lowest BCUT2D eigenvalue weighted by atomic mass is 9.63. The maximum Gasteiger partial charge on any atom is 0.0315 e. The summed E-state index contributed by atoms with van der Waals surface area (Å²) < 4.78 is 0.809. The van der Waals surface area contributed by atoms with Crippen LogP contribution in [0, 0.1) is 41.4 Å². The minimum absolute atomic E-state index is 0.809. The highest BCUT2D eigenvalue weighted by atomic mass is 127. The molecule has 0 aromatic carbocycles. The van der Waals surface area contributed by atoms with Gasteiger partial charge in [0.25, 0.3) is 0 Å². The zero-order chi connectivity index (χ0) is 11.2. The molecule has 0 amide bonds. The number of halogens is 1. The Hall–Kier alpha value is 0.730. The van der Waals surface area contributed by atoms with E-state index in [0.29, 0.717) is 0 Å². The molecule has 0 nitrogen and oxygen atoms in total. The molecule has 8 atom stereocenters. The van der Waals surface area contributed by atoms with Crippen molar-refractivity contribution in [1.29, 1.82) is 0 Å². The topological polar surface area (TPSA) is 0 Å². The summed E-state index contributed by atoms with van der Waals surface area (Å²) in [6.45, 7) is 0. The molecular formula is C16H23I. The number of fused-ring (bicyclic) bond motifs is 9. The van der Waals surface area contributed by atoms with Gasteiger partial charge in [0.05, 0.1) is 0 Å². The minimum Gasteiger partial charge on any atom is -0.0779 e. The van der Waals surface area contributed by atoms with Crippen molar-refractivity contribution >= 4 is 22.6 Å². The second-order valence-corrected chi connectivity index (χ2v) is 9.67. The predicted octanol–water partition coefficient (Wildman–Crippen LogP) is 4.66. The predicted molar refractivity (Wildman–Crippen MR) is 78.1 cm³/mol. The fourth-order valence-electron chi connectivity index (χ4n) is 6.43. The van der Waals surface area contributed by atoms with Gasteiger partial charge in [-0.25, -0.2) is 0 Å². The van der Waals surface area contributed by atoms with E-state index in [9.17, 15) is 0 Å². The third-order valence-electron chi connectivity index (χ3n) is 7.47. The molecular weight excluding hydrogens is 319 g/mol. The van der Waals surface area contributed by atoms with E-state index < -0.39 is 0 Å². The van der Waals surface area contributed by atoms with E-state index in [1.54, 1.807) is 51.4 Å². The van der Waals surface area contributed by atoms with Gasteiger partial charge < -0.3 is 0 Å². The molecule has 5 aliphatic rings. The number of alkyl halides is 1. The molecule has 0 saturated heterocycles. The van der Waals surface area contributed by atoms with Crippen LogP contribution in [0.2, 0.25) is 0 Å². The van der Waals surface area contributed by atoms with Gasteiger partial charge in [-0.2, -0.15) is 0 Å². The molecule has 5 aliphatic carbocycles. The maximum absolute atomic E-state index is 2.94. The van der Waals surface area contributed by atoms with Crippen LogP contribution in [0.4, 0.5) is 0 Å². The zero-order valence-corrected chi connectivity index (χ0v) is 12.7. The van der Waals surface area contributed by atoms with Crippen LogP contribution in [0.1, 0.15) is 51.4 Å². The lowest BCUT2D eigenvalue weighted by Crippen LogP contribution is -2.47. The molecule has 0 heterocycles. The summed E-state index contributed by atoms with van der Waals surface area (Å²) in [6, 6.07) is 0. The summed E-state index contributed by atoms with van der Waals surface area (Å²) in [7, 11) is 0. The summed E-state index contributed by atoms with van der Waals surface area (Å²) >= 11 is 2.94. The van der Waals surface area contributed by atoms with E-state index in [1.165, 1.54) is 17.8 Å². The molecule has 2 bridgehead atoms. The second-order valence-electron chi connectivity index (χ2n) is 7.80. The molecule has 0 aromatic heterocycles. The van der Waals surface area contributed by atoms with Crippen LogP contribution in [0.15, 0.2) is 0 Å². The van der Waals surface area contributed by atoms with Crippen LogP contribution in [0.5, 0.6) is 0 Å².